The zero-order valence-corrected chi connectivity index (χ0v) is 28.2. The molecule has 2 amide bonds. The van der Waals surface area contributed by atoms with Crippen molar-refractivity contribution >= 4 is 34.5 Å². The molecule has 1 saturated heterocycles. The summed E-state index contributed by atoms with van der Waals surface area (Å²) in [6.45, 7) is 6.64. The number of pyridine rings is 1. The largest absolute Gasteiger partial charge is 0.465 e. The number of halogens is 1. The molecule has 1 aromatic heterocycles. The number of hydrogen-bond donors (Lipinski definition) is 4. The van der Waals surface area contributed by atoms with Crippen LogP contribution in [0.25, 0.3) is 22.2 Å². The molecule has 2 atom stereocenters. The molecule has 248 valence electrons. The molecule has 2 fully saturated rings. The number of para-hydroxylation sites is 1. The SMILES string of the molecule is CNC[C@H]1CC[C@H](C(=O)N2CCC[C@@H]([C@@](O)(CCCNC(=O)O)c3cccc(Cl)c3-c3ccc4cccc(C(C)C)c4n3)C2)CC1. The first-order valence-corrected chi connectivity index (χ1v) is 17.3. The van der Waals surface area contributed by atoms with E-state index in [-0.39, 0.29) is 30.2 Å². The van der Waals surface area contributed by atoms with E-state index in [1.807, 2.05) is 42.3 Å². The average Bonchev–Trinajstić information content (AvgIpc) is 3.06. The van der Waals surface area contributed by atoms with E-state index < -0.39 is 11.7 Å². The molecule has 2 heterocycles. The molecule has 5 rings (SSSR count). The van der Waals surface area contributed by atoms with E-state index in [1.54, 1.807) is 0 Å². The molecule has 1 aliphatic heterocycles. The maximum absolute atomic E-state index is 13.8. The lowest BCUT2D eigenvalue weighted by molar-refractivity contribution is -0.142. The summed E-state index contributed by atoms with van der Waals surface area (Å²) in [5.74, 6) is 0.874. The molecule has 8 nitrogen and oxygen atoms in total. The van der Waals surface area contributed by atoms with Crippen molar-refractivity contribution < 1.29 is 19.8 Å². The van der Waals surface area contributed by atoms with Gasteiger partial charge in [0.2, 0.25) is 5.91 Å². The number of amides is 2. The second-order valence-corrected chi connectivity index (χ2v) is 14.0. The van der Waals surface area contributed by atoms with Crippen LogP contribution in [0.15, 0.2) is 48.5 Å². The van der Waals surface area contributed by atoms with E-state index in [2.05, 4.69) is 42.7 Å². The lowest BCUT2D eigenvalue weighted by Crippen LogP contribution is -2.50. The predicted octanol–water partition coefficient (Wildman–Crippen LogP) is 7.18. The number of carbonyl (C=O) groups excluding carboxylic acids is 1. The van der Waals surface area contributed by atoms with Crippen LogP contribution in [0.5, 0.6) is 0 Å². The standard InChI is InChI=1S/C37H49ClN4O4/c1-24(2)29-10-4-8-26-17-18-32(41-34(26)29)33-30(11-5-12-31(33)38)37(46,19-7-20-40-36(44)45)28-9-6-21-42(23-28)35(43)27-15-13-25(14-16-27)22-39-3/h4-5,8,10-12,17-18,24-25,27-28,39-40,46H,6-7,9,13-16,19-23H2,1-3H3,(H,44,45)/t25-,27-,28-,37+/m1/s1. The lowest BCUT2D eigenvalue weighted by atomic mass is 9.72. The summed E-state index contributed by atoms with van der Waals surface area (Å²) >= 11 is 6.97. The summed E-state index contributed by atoms with van der Waals surface area (Å²) < 4.78 is 0. The fourth-order valence-electron chi connectivity index (χ4n) is 7.76. The molecule has 0 spiro atoms. The number of aromatic nitrogens is 1. The highest BCUT2D eigenvalue weighted by molar-refractivity contribution is 6.33. The Morgan fingerprint density at radius 2 is 1.83 bits per heavy atom. The van der Waals surface area contributed by atoms with E-state index in [1.165, 1.54) is 0 Å². The number of nitrogens with one attached hydrogen (secondary N) is 2. The number of likely N-dealkylation sites (tertiary alicyclic amines) is 1. The van der Waals surface area contributed by atoms with Gasteiger partial charge in [-0.1, -0.05) is 61.8 Å². The van der Waals surface area contributed by atoms with Crippen molar-refractivity contribution in [3.05, 3.63) is 64.7 Å². The number of carboxylic acid groups (broad SMARTS) is 1. The number of aliphatic hydroxyl groups is 1. The van der Waals surface area contributed by atoms with Gasteiger partial charge in [-0.25, -0.2) is 9.78 Å². The second-order valence-electron chi connectivity index (χ2n) is 13.6. The Labute approximate surface area is 277 Å². The van der Waals surface area contributed by atoms with Crippen molar-refractivity contribution in [3.63, 3.8) is 0 Å². The first-order chi connectivity index (χ1) is 22.1. The van der Waals surface area contributed by atoms with Crippen molar-refractivity contribution in [3.8, 4) is 11.3 Å². The number of hydrogen-bond acceptors (Lipinski definition) is 5. The van der Waals surface area contributed by atoms with Gasteiger partial charge in [0, 0.05) is 42.4 Å². The van der Waals surface area contributed by atoms with Gasteiger partial charge in [0.15, 0.2) is 0 Å². The van der Waals surface area contributed by atoms with Crippen molar-refractivity contribution in [2.45, 2.75) is 76.7 Å². The van der Waals surface area contributed by atoms with E-state index in [9.17, 15) is 19.8 Å². The molecule has 9 heteroatoms. The number of fused-ring (bicyclic) bond motifs is 1. The number of nitrogens with zero attached hydrogens (tertiary/aromatic N) is 2. The second kappa shape index (κ2) is 15.1. The van der Waals surface area contributed by atoms with Crippen molar-refractivity contribution in [2.75, 3.05) is 33.2 Å². The number of carbonyl (C=O) groups is 2. The average molecular weight is 649 g/mol. The van der Waals surface area contributed by atoms with Crippen LogP contribution < -0.4 is 10.6 Å². The van der Waals surface area contributed by atoms with Gasteiger partial charge >= 0.3 is 6.09 Å². The van der Waals surface area contributed by atoms with Crippen LogP contribution in [0.2, 0.25) is 5.02 Å². The van der Waals surface area contributed by atoms with Gasteiger partial charge in [0.25, 0.3) is 0 Å². The maximum atomic E-state index is 13.8. The third-order valence-corrected chi connectivity index (χ3v) is 10.5. The summed E-state index contributed by atoms with van der Waals surface area (Å²) in [6.07, 6.45) is 5.11. The monoisotopic (exact) mass is 648 g/mol. The fraction of sp³-hybridized carbons (Fsp3) is 0.541. The Kier molecular flexibility index (Phi) is 11.2. The minimum absolute atomic E-state index is 0.0263. The Hall–Kier alpha value is -3.20. The first-order valence-electron chi connectivity index (χ1n) is 16.9. The third kappa shape index (κ3) is 7.50. The van der Waals surface area contributed by atoms with E-state index in [4.69, 9.17) is 16.6 Å². The molecule has 4 N–H and O–H groups in total. The molecular weight excluding hydrogens is 600 g/mol. The van der Waals surface area contributed by atoms with E-state index in [0.717, 1.165) is 61.5 Å². The van der Waals surface area contributed by atoms with Gasteiger partial charge in [-0.05, 0) is 100 Å². The Morgan fingerprint density at radius 1 is 1.07 bits per heavy atom. The van der Waals surface area contributed by atoms with Gasteiger partial charge < -0.3 is 25.7 Å². The van der Waals surface area contributed by atoms with Crippen LogP contribution in [0.1, 0.15) is 82.3 Å². The summed E-state index contributed by atoms with van der Waals surface area (Å²) in [4.78, 5) is 32.2. The fourth-order valence-corrected chi connectivity index (χ4v) is 8.03. The summed E-state index contributed by atoms with van der Waals surface area (Å²) in [6, 6.07) is 15.8. The molecule has 2 aromatic carbocycles. The van der Waals surface area contributed by atoms with Crippen molar-refractivity contribution in [2.24, 2.45) is 17.8 Å². The summed E-state index contributed by atoms with van der Waals surface area (Å²) in [5.41, 5.74) is 2.74. The quantitative estimate of drug-likeness (QED) is 0.164. The minimum atomic E-state index is -1.36. The molecule has 3 aromatic rings. The molecule has 0 unspecified atom stereocenters. The lowest BCUT2D eigenvalue weighted by Gasteiger charge is -2.44. The predicted molar refractivity (Wildman–Crippen MR) is 184 cm³/mol. The Bertz CT molecular complexity index is 1520. The van der Waals surface area contributed by atoms with Crippen molar-refractivity contribution in [1.29, 1.82) is 0 Å². The van der Waals surface area contributed by atoms with E-state index >= 15 is 0 Å². The topological polar surface area (TPSA) is 115 Å². The van der Waals surface area contributed by atoms with Gasteiger partial charge in [-0.3, -0.25) is 4.79 Å². The highest BCUT2D eigenvalue weighted by Gasteiger charge is 2.44. The van der Waals surface area contributed by atoms with Crippen LogP contribution in [0.4, 0.5) is 4.79 Å². The number of rotatable bonds is 11. The maximum Gasteiger partial charge on any atom is 0.404 e. The van der Waals surface area contributed by atoms with Crippen molar-refractivity contribution in [1.82, 2.24) is 20.5 Å². The molecule has 46 heavy (non-hydrogen) atoms. The third-order valence-electron chi connectivity index (χ3n) is 10.2. The Morgan fingerprint density at radius 3 is 2.54 bits per heavy atom. The molecule has 0 radical (unpaired) electrons. The van der Waals surface area contributed by atoms with Crippen LogP contribution in [0.3, 0.4) is 0 Å². The van der Waals surface area contributed by atoms with Crippen LogP contribution in [-0.2, 0) is 10.4 Å². The normalized spacial score (nSPS) is 21.7. The highest BCUT2D eigenvalue weighted by atomic mass is 35.5. The zero-order chi connectivity index (χ0) is 32.8. The molecular formula is C37H49ClN4O4. The van der Waals surface area contributed by atoms with Crippen LogP contribution in [0, 0.1) is 17.8 Å². The molecule has 2 aliphatic rings. The number of benzene rings is 2. The highest BCUT2D eigenvalue weighted by Crippen LogP contribution is 2.46. The summed E-state index contributed by atoms with van der Waals surface area (Å²) in [7, 11) is 1.98. The van der Waals surface area contributed by atoms with Crippen LogP contribution >= 0.6 is 11.6 Å². The van der Waals surface area contributed by atoms with Crippen LogP contribution in [-0.4, -0.2) is 65.3 Å². The van der Waals surface area contributed by atoms with Gasteiger partial charge in [-0.2, -0.15) is 0 Å². The van der Waals surface area contributed by atoms with Gasteiger partial charge in [-0.15, -0.1) is 0 Å². The molecule has 0 bridgehead atoms. The Balaban J connectivity index is 1.50. The molecule has 1 saturated carbocycles. The minimum Gasteiger partial charge on any atom is -0.465 e. The number of piperidine rings is 1. The van der Waals surface area contributed by atoms with Gasteiger partial charge in [0.1, 0.15) is 0 Å². The zero-order valence-electron chi connectivity index (χ0n) is 27.4. The summed E-state index contributed by atoms with van der Waals surface area (Å²) in [5, 5.41) is 29.4. The first kappa shape index (κ1) is 34.1. The van der Waals surface area contributed by atoms with Gasteiger partial charge in [0.05, 0.1) is 21.8 Å². The molecule has 1 aliphatic carbocycles. The smallest absolute Gasteiger partial charge is 0.404 e. The van der Waals surface area contributed by atoms with E-state index in [0.29, 0.717) is 53.7 Å².